The minimum absolute atomic E-state index is 0.123. The van der Waals surface area contributed by atoms with Gasteiger partial charge in [0.2, 0.25) is 5.91 Å². The molecule has 1 saturated heterocycles. The molecule has 0 spiro atoms. The highest BCUT2D eigenvalue weighted by Crippen LogP contribution is 2.14. The van der Waals surface area contributed by atoms with E-state index < -0.39 is 24.3 Å². The summed E-state index contributed by atoms with van der Waals surface area (Å²) in [6.45, 7) is 4.81. The Morgan fingerprint density at radius 1 is 1.33 bits per heavy atom. The number of likely N-dealkylation sites (tertiary alicyclic amines) is 1. The normalized spacial score (nSPS) is 21.4. The molecule has 3 atom stereocenters. The number of β-amino-alcohol motifs (C(OH)–C–C–N with tert-alkyl or cyclic N) is 1. The Hall–Kier alpha value is -2.12. The highest BCUT2D eigenvalue weighted by atomic mass is 16.6. The smallest absolute Gasteiger partial charge is 0.410 e. The molecule has 2 amide bonds. The van der Waals surface area contributed by atoms with E-state index in [0.717, 1.165) is 5.56 Å². The van der Waals surface area contributed by atoms with Crippen LogP contribution in [0.5, 0.6) is 0 Å². The van der Waals surface area contributed by atoms with E-state index >= 15 is 0 Å². The highest BCUT2D eigenvalue weighted by Gasteiger charge is 2.30. The second kappa shape index (κ2) is 10.3. The Balaban J connectivity index is 1.84. The molecule has 3 unspecified atom stereocenters. The molecule has 150 valence electrons. The van der Waals surface area contributed by atoms with Gasteiger partial charge >= 0.3 is 6.09 Å². The summed E-state index contributed by atoms with van der Waals surface area (Å²) >= 11 is 0. The van der Waals surface area contributed by atoms with Crippen molar-refractivity contribution in [3.63, 3.8) is 0 Å². The van der Waals surface area contributed by atoms with Gasteiger partial charge in [-0.15, -0.1) is 0 Å². The standard InChI is InChI=1S/C20H31N3O4/c1-14(2)11-16(21)19(25)22-17-9-6-10-23(12-18(17)24)20(26)27-13-15-7-4-3-5-8-15/h3-5,7-8,14,16-18,24H,6,9-13,21H2,1-2H3,(H,22,25). The van der Waals surface area contributed by atoms with Crippen molar-refractivity contribution in [1.29, 1.82) is 0 Å². The molecule has 1 fully saturated rings. The Morgan fingerprint density at radius 2 is 2.04 bits per heavy atom. The van der Waals surface area contributed by atoms with Gasteiger partial charge in [-0.3, -0.25) is 4.79 Å². The molecule has 0 bridgehead atoms. The van der Waals surface area contributed by atoms with Crippen LogP contribution in [-0.2, 0) is 16.1 Å². The van der Waals surface area contributed by atoms with Crippen LogP contribution >= 0.6 is 0 Å². The Kier molecular flexibility index (Phi) is 8.06. The summed E-state index contributed by atoms with van der Waals surface area (Å²) < 4.78 is 5.34. The third kappa shape index (κ3) is 6.84. The first-order valence-electron chi connectivity index (χ1n) is 9.56. The number of ether oxygens (including phenoxy) is 1. The number of nitrogens with two attached hydrogens (primary N) is 1. The number of aliphatic hydroxyl groups excluding tert-OH is 1. The molecule has 0 saturated carbocycles. The van der Waals surface area contributed by atoms with Crippen LogP contribution in [0.1, 0.15) is 38.7 Å². The molecule has 1 aliphatic rings. The summed E-state index contributed by atoms with van der Waals surface area (Å²) in [4.78, 5) is 26.0. The highest BCUT2D eigenvalue weighted by molar-refractivity contribution is 5.81. The molecule has 0 aromatic heterocycles. The number of hydrogen-bond acceptors (Lipinski definition) is 5. The van der Waals surface area contributed by atoms with Crippen molar-refractivity contribution in [3.05, 3.63) is 35.9 Å². The van der Waals surface area contributed by atoms with E-state index in [2.05, 4.69) is 5.32 Å². The van der Waals surface area contributed by atoms with Gasteiger partial charge in [-0.2, -0.15) is 0 Å². The van der Waals surface area contributed by atoms with Gasteiger partial charge in [-0.1, -0.05) is 44.2 Å². The number of amides is 2. The van der Waals surface area contributed by atoms with Crippen LogP contribution in [0.25, 0.3) is 0 Å². The number of carbonyl (C=O) groups excluding carboxylic acids is 2. The molecule has 0 radical (unpaired) electrons. The zero-order chi connectivity index (χ0) is 19.8. The summed E-state index contributed by atoms with van der Waals surface area (Å²) in [7, 11) is 0. The number of benzene rings is 1. The molecular weight excluding hydrogens is 346 g/mol. The van der Waals surface area contributed by atoms with Crippen molar-refractivity contribution in [3.8, 4) is 0 Å². The van der Waals surface area contributed by atoms with Crippen molar-refractivity contribution >= 4 is 12.0 Å². The van der Waals surface area contributed by atoms with E-state index in [9.17, 15) is 14.7 Å². The summed E-state index contributed by atoms with van der Waals surface area (Å²) in [5, 5.41) is 13.3. The molecule has 2 rings (SSSR count). The van der Waals surface area contributed by atoms with Gasteiger partial charge in [-0.05, 0) is 30.7 Å². The zero-order valence-electron chi connectivity index (χ0n) is 16.1. The maximum Gasteiger partial charge on any atom is 0.410 e. The van der Waals surface area contributed by atoms with Crippen LogP contribution in [0, 0.1) is 5.92 Å². The van der Waals surface area contributed by atoms with Crippen LogP contribution in [0.15, 0.2) is 30.3 Å². The Bertz CT molecular complexity index is 609. The van der Waals surface area contributed by atoms with Crippen molar-refractivity contribution in [2.24, 2.45) is 11.7 Å². The molecule has 0 aliphatic carbocycles. The third-order valence-electron chi connectivity index (χ3n) is 4.67. The molecule has 1 aliphatic heterocycles. The van der Waals surface area contributed by atoms with Gasteiger partial charge < -0.3 is 25.8 Å². The van der Waals surface area contributed by atoms with Crippen molar-refractivity contribution < 1.29 is 19.4 Å². The minimum atomic E-state index is -0.855. The number of hydrogen-bond donors (Lipinski definition) is 3. The summed E-state index contributed by atoms with van der Waals surface area (Å²) in [5.74, 6) is 0.0625. The maximum atomic E-state index is 12.3. The van der Waals surface area contributed by atoms with Gasteiger partial charge in [-0.25, -0.2) is 4.79 Å². The second-order valence-electron chi connectivity index (χ2n) is 7.55. The lowest BCUT2D eigenvalue weighted by Gasteiger charge is -2.26. The number of nitrogens with one attached hydrogen (secondary N) is 1. The van der Waals surface area contributed by atoms with Crippen LogP contribution < -0.4 is 11.1 Å². The van der Waals surface area contributed by atoms with E-state index in [-0.39, 0.29) is 19.1 Å². The lowest BCUT2D eigenvalue weighted by atomic mass is 10.0. The van der Waals surface area contributed by atoms with Crippen LogP contribution in [0.4, 0.5) is 4.79 Å². The molecule has 1 heterocycles. The lowest BCUT2D eigenvalue weighted by Crippen LogP contribution is -2.51. The molecule has 27 heavy (non-hydrogen) atoms. The largest absolute Gasteiger partial charge is 0.445 e. The van der Waals surface area contributed by atoms with Crippen molar-refractivity contribution in [1.82, 2.24) is 10.2 Å². The third-order valence-corrected chi connectivity index (χ3v) is 4.67. The van der Waals surface area contributed by atoms with E-state index in [0.29, 0.717) is 31.7 Å². The number of nitrogens with zero attached hydrogens (tertiary/aromatic N) is 1. The molecule has 7 heteroatoms. The first kappa shape index (κ1) is 21.2. The fourth-order valence-electron chi connectivity index (χ4n) is 3.19. The topological polar surface area (TPSA) is 105 Å². The molecule has 1 aromatic rings. The predicted molar refractivity (Wildman–Crippen MR) is 103 cm³/mol. The Labute approximate surface area is 160 Å². The van der Waals surface area contributed by atoms with Gasteiger partial charge in [0, 0.05) is 6.54 Å². The average Bonchev–Trinajstić information content (AvgIpc) is 2.82. The monoisotopic (exact) mass is 377 g/mol. The average molecular weight is 377 g/mol. The number of aliphatic hydroxyl groups is 1. The Morgan fingerprint density at radius 3 is 2.70 bits per heavy atom. The fraction of sp³-hybridized carbons (Fsp3) is 0.600. The SMILES string of the molecule is CC(C)CC(N)C(=O)NC1CCCN(C(=O)OCc2ccccc2)CC1O. The quantitative estimate of drug-likeness (QED) is 0.699. The molecule has 4 N–H and O–H groups in total. The maximum absolute atomic E-state index is 12.3. The first-order valence-corrected chi connectivity index (χ1v) is 9.56. The van der Waals surface area contributed by atoms with Crippen molar-refractivity contribution in [2.75, 3.05) is 13.1 Å². The lowest BCUT2D eigenvalue weighted by molar-refractivity contribution is -0.124. The predicted octanol–water partition coefficient (Wildman–Crippen LogP) is 1.64. The van der Waals surface area contributed by atoms with Gasteiger partial charge in [0.05, 0.1) is 24.7 Å². The van der Waals surface area contributed by atoms with Crippen LogP contribution in [0.2, 0.25) is 0 Å². The molecule has 7 nitrogen and oxygen atoms in total. The van der Waals surface area contributed by atoms with Gasteiger partial charge in [0.1, 0.15) is 6.61 Å². The second-order valence-corrected chi connectivity index (χ2v) is 7.55. The van der Waals surface area contributed by atoms with E-state index in [1.165, 1.54) is 4.90 Å². The van der Waals surface area contributed by atoms with Gasteiger partial charge in [0.15, 0.2) is 0 Å². The minimum Gasteiger partial charge on any atom is -0.445 e. The summed E-state index contributed by atoms with van der Waals surface area (Å²) in [5.41, 5.74) is 6.82. The fourth-order valence-corrected chi connectivity index (χ4v) is 3.19. The van der Waals surface area contributed by atoms with E-state index in [1.54, 1.807) is 0 Å². The van der Waals surface area contributed by atoms with E-state index in [4.69, 9.17) is 10.5 Å². The molecule has 1 aromatic carbocycles. The van der Waals surface area contributed by atoms with E-state index in [1.807, 2.05) is 44.2 Å². The van der Waals surface area contributed by atoms with Crippen LogP contribution in [0.3, 0.4) is 0 Å². The summed E-state index contributed by atoms with van der Waals surface area (Å²) in [6.07, 6.45) is 0.534. The summed E-state index contributed by atoms with van der Waals surface area (Å²) in [6, 6.07) is 8.44. The molecular formula is C20H31N3O4. The van der Waals surface area contributed by atoms with Crippen molar-refractivity contribution in [2.45, 2.75) is 57.9 Å². The number of rotatable bonds is 6. The van der Waals surface area contributed by atoms with Gasteiger partial charge in [0.25, 0.3) is 0 Å². The number of carbonyl (C=O) groups is 2. The first-order chi connectivity index (χ1) is 12.9. The van der Waals surface area contributed by atoms with Crippen LogP contribution in [-0.4, -0.2) is 53.3 Å². The zero-order valence-corrected chi connectivity index (χ0v) is 16.1.